The Morgan fingerprint density at radius 1 is 1.12 bits per heavy atom. The third kappa shape index (κ3) is 5.78. The summed E-state index contributed by atoms with van der Waals surface area (Å²) in [6.07, 6.45) is 3.81. The SMILES string of the molecule is C[C@H](NC(=O)Cc1cc(F)cc(F)c1)C(=O)N[C@H]1CC=CC(c2ccccc2)N(C)C1=O. The van der Waals surface area contributed by atoms with Crippen molar-refractivity contribution in [3.05, 3.63) is 83.4 Å². The lowest BCUT2D eigenvalue weighted by Gasteiger charge is -2.28. The largest absolute Gasteiger partial charge is 0.344 e. The summed E-state index contributed by atoms with van der Waals surface area (Å²) in [5.74, 6) is -2.90. The number of amides is 3. The van der Waals surface area contributed by atoms with Crippen LogP contribution in [0.5, 0.6) is 0 Å². The summed E-state index contributed by atoms with van der Waals surface area (Å²) in [5, 5.41) is 5.18. The maximum atomic E-state index is 13.3. The Bertz CT molecular complexity index is 1010. The zero-order valence-electron chi connectivity index (χ0n) is 17.8. The summed E-state index contributed by atoms with van der Waals surface area (Å²) in [6, 6.07) is 10.4. The van der Waals surface area contributed by atoms with E-state index in [0.717, 1.165) is 23.8 Å². The van der Waals surface area contributed by atoms with Crippen LogP contribution in [0.2, 0.25) is 0 Å². The summed E-state index contributed by atoms with van der Waals surface area (Å²) >= 11 is 0. The van der Waals surface area contributed by atoms with Crippen molar-refractivity contribution in [2.45, 2.75) is 37.9 Å². The molecule has 3 rings (SSSR count). The molecule has 1 aliphatic rings. The van der Waals surface area contributed by atoms with Gasteiger partial charge in [0.1, 0.15) is 23.7 Å². The number of halogens is 2. The highest BCUT2D eigenvalue weighted by Gasteiger charge is 2.31. The van der Waals surface area contributed by atoms with Crippen molar-refractivity contribution >= 4 is 17.7 Å². The number of benzene rings is 2. The molecular formula is C24H25F2N3O3. The molecule has 1 unspecified atom stereocenters. The van der Waals surface area contributed by atoms with E-state index in [1.165, 1.54) is 6.92 Å². The number of hydrogen-bond donors (Lipinski definition) is 2. The molecule has 0 spiro atoms. The zero-order chi connectivity index (χ0) is 23.3. The minimum Gasteiger partial charge on any atom is -0.344 e. The molecule has 8 heteroatoms. The monoisotopic (exact) mass is 441 g/mol. The zero-order valence-corrected chi connectivity index (χ0v) is 17.8. The van der Waals surface area contributed by atoms with Crippen LogP contribution in [0.3, 0.4) is 0 Å². The lowest BCUT2D eigenvalue weighted by molar-refractivity contribution is -0.137. The Morgan fingerprint density at radius 2 is 1.78 bits per heavy atom. The quantitative estimate of drug-likeness (QED) is 0.677. The molecular weight excluding hydrogens is 416 g/mol. The van der Waals surface area contributed by atoms with E-state index in [4.69, 9.17) is 0 Å². The lowest BCUT2D eigenvalue weighted by atomic mass is 10.1. The lowest BCUT2D eigenvalue weighted by Crippen LogP contribution is -2.52. The molecule has 0 aliphatic carbocycles. The van der Waals surface area contributed by atoms with Crippen molar-refractivity contribution in [3.8, 4) is 0 Å². The van der Waals surface area contributed by atoms with Crippen molar-refractivity contribution < 1.29 is 23.2 Å². The molecule has 0 aromatic heterocycles. The number of carbonyl (C=O) groups is 3. The highest BCUT2D eigenvalue weighted by Crippen LogP contribution is 2.24. The highest BCUT2D eigenvalue weighted by atomic mass is 19.1. The van der Waals surface area contributed by atoms with Crippen LogP contribution in [0.1, 0.15) is 30.5 Å². The fourth-order valence-electron chi connectivity index (χ4n) is 3.62. The predicted octanol–water partition coefficient (Wildman–Crippen LogP) is 2.66. The number of nitrogens with zero attached hydrogens (tertiary/aromatic N) is 1. The van der Waals surface area contributed by atoms with E-state index < -0.39 is 35.5 Å². The van der Waals surface area contributed by atoms with E-state index in [1.807, 2.05) is 42.5 Å². The first-order valence-corrected chi connectivity index (χ1v) is 10.3. The maximum Gasteiger partial charge on any atom is 0.245 e. The Hall–Kier alpha value is -3.55. The molecule has 6 nitrogen and oxygen atoms in total. The van der Waals surface area contributed by atoms with Crippen LogP contribution in [0, 0.1) is 11.6 Å². The van der Waals surface area contributed by atoms with Crippen LogP contribution in [0.25, 0.3) is 0 Å². The van der Waals surface area contributed by atoms with E-state index in [2.05, 4.69) is 10.6 Å². The van der Waals surface area contributed by atoms with E-state index in [9.17, 15) is 23.2 Å². The first kappa shape index (κ1) is 23.1. The Balaban J connectivity index is 1.58. The molecule has 0 radical (unpaired) electrons. The molecule has 1 heterocycles. The summed E-state index contributed by atoms with van der Waals surface area (Å²) in [6.45, 7) is 1.48. The summed E-state index contributed by atoms with van der Waals surface area (Å²) < 4.78 is 26.6. The number of carbonyl (C=O) groups excluding carboxylic acids is 3. The second-order valence-corrected chi connectivity index (χ2v) is 7.77. The van der Waals surface area contributed by atoms with Crippen LogP contribution in [-0.4, -0.2) is 41.8 Å². The minimum absolute atomic E-state index is 0.158. The number of hydrogen-bond acceptors (Lipinski definition) is 3. The second kappa shape index (κ2) is 10.2. The van der Waals surface area contributed by atoms with Gasteiger partial charge in [0.15, 0.2) is 0 Å². The molecule has 2 aromatic rings. The van der Waals surface area contributed by atoms with Gasteiger partial charge in [-0.1, -0.05) is 42.5 Å². The average Bonchev–Trinajstić information content (AvgIpc) is 2.87. The molecule has 0 saturated heterocycles. The summed E-state index contributed by atoms with van der Waals surface area (Å²) in [5.41, 5.74) is 1.12. The first-order chi connectivity index (χ1) is 15.2. The van der Waals surface area contributed by atoms with Crippen LogP contribution in [0.4, 0.5) is 8.78 Å². The van der Waals surface area contributed by atoms with E-state index in [1.54, 1.807) is 11.9 Å². The van der Waals surface area contributed by atoms with Gasteiger partial charge in [0.2, 0.25) is 17.7 Å². The number of rotatable bonds is 6. The van der Waals surface area contributed by atoms with Gasteiger partial charge in [-0.15, -0.1) is 0 Å². The Labute approximate surface area is 185 Å². The Kier molecular flexibility index (Phi) is 7.35. The second-order valence-electron chi connectivity index (χ2n) is 7.77. The van der Waals surface area contributed by atoms with Gasteiger partial charge in [0.25, 0.3) is 0 Å². The molecule has 2 aromatic carbocycles. The number of nitrogens with one attached hydrogen (secondary N) is 2. The number of likely N-dealkylation sites (N-methyl/N-ethyl adjacent to an activating group) is 1. The van der Waals surface area contributed by atoms with Gasteiger partial charge in [-0.25, -0.2) is 8.78 Å². The molecule has 0 saturated carbocycles. The standard InChI is InChI=1S/C24H25F2N3O3/c1-15(27-22(30)13-16-11-18(25)14-19(26)12-16)23(31)28-20-9-6-10-21(29(2)24(20)32)17-7-4-3-5-8-17/h3-8,10-12,14-15,20-21H,9,13H2,1-2H3,(H,27,30)(H,28,31)/t15-,20-,21?/m0/s1. The third-order valence-corrected chi connectivity index (χ3v) is 5.27. The van der Waals surface area contributed by atoms with Gasteiger partial charge < -0.3 is 15.5 Å². The first-order valence-electron chi connectivity index (χ1n) is 10.3. The molecule has 168 valence electrons. The molecule has 0 fully saturated rings. The fraction of sp³-hybridized carbons (Fsp3) is 0.292. The predicted molar refractivity (Wildman–Crippen MR) is 115 cm³/mol. The normalized spacial score (nSPS) is 19.2. The van der Waals surface area contributed by atoms with Crippen molar-refractivity contribution in [1.82, 2.24) is 15.5 Å². The van der Waals surface area contributed by atoms with Gasteiger partial charge in [-0.2, -0.15) is 0 Å². The van der Waals surface area contributed by atoms with Crippen molar-refractivity contribution in [2.75, 3.05) is 7.05 Å². The highest BCUT2D eigenvalue weighted by molar-refractivity contribution is 5.92. The average molecular weight is 441 g/mol. The Morgan fingerprint density at radius 3 is 2.44 bits per heavy atom. The van der Waals surface area contributed by atoms with Gasteiger partial charge in [-0.05, 0) is 36.6 Å². The van der Waals surface area contributed by atoms with E-state index in [0.29, 0.717) is 6.42 Å². The smallest absolute Gasteiger partial charge is 0.245 e. The van der Waals surface area contributed by atoms with Gasteiger partial charge in [-0.3, -0.25) is 14.4 Å². The molecule has 1 aliphatic heterocycles. The van der Waals surface area contributed by atoms with Gasteiger partial charge in [0, 0.05) is 13.1 Å². The minimum atomic E-state index is -0.934. The molecule has 3 atom stereocenters. The van der Waals surface area contributed by atoms with Crippen LogP contribution in [0.15, 0.2) is 60.7 Å². The van der Waals surface area contributed by atoms with Crippen LogP contribution >= 0.6 is 0 Å². The van der Waals surface area contributed by atoms with Crippen molar-refractivity contribution in [1.29, 1.82) is 0 Å². The third-order valence-electron chi connectivity index (χ3n) is 5.27. The van der Waals surface area contributed by atoms with Crippen LogP contribution in [-0.2, 0) is 20.8 Å². The molecule has 32 heavy (non-hydrogen) atoms. The van der Waals surface area contributed by atoms with E-state index >= 15 is 0 Å². The van der Waals surface area contributed by atoms with Gasteiger partial charge in [0.05, 0.1) is 12.5 Å². The summed E-state index contributed by atoms with van der Waals surface area (Å²) in [7, 11) is 1.68. The summed E-state index contributed by atoms with van der Waals surface area (Å²) in [4.78, 5) is 39.3. The fourth-order valence-corrected chi connectivity index (χ4v) is 3.62. The molecule has 3 amide bonds. The van der Waals surface area contributed by atoms with E-state index in [-0.39, 0.29) is 23.9 Å². The maximum absolute atomic E-state index is 13.3. The van der Waals surface area contributed by atoms with Gasteiger partial charge >= 0.3 is 0 Å². The van der Waals surface area contributed by atoms with Crippen LogP contribution < -0.4 is 10.6 Å². The van der Waals surface area contributed by atoms with Crippen molar-refractivity contribution in [2.24, 2.45) is 0 Å². The topological polar surface area (TPSA) is 78.5 Å². The van der Waals surface area contributed by atoms with Crippen molar-refractivity contribution in [3.63, 3.8) is 0 Å². The molecule has 2 N–H and O–H groups in total. The molecule has 0 bridgehead atoms.